The number of rotatable bonds is 5. The molecule has 0 aliphatic rings. The molecule has 0 saturated carbocycles. The molecule has 1 heteroatoms. The van der Waals surface area contributed by atoms with Crippen molar-refractivity contribution in [2.24, 2.45) is 5.92 Å². The van der Waals surface area contributed by atoms with E-state index in [0.717, 1.165) is 19.3 Å². The Hall–Kier alpha value is -0.300. The monoisotopic (exact) mass is 141 g/mol. The summed E-state index contributed by atoms with van der Waals surface area (Å²) in [5.41, 5.74) is 0. The molecular formula is C9H17O. The van der Waals surface area contributed by atoms with Crippen molar-refractivity contribution in [1.82, 2.24) is 0 Å². The molecule has 1 radical (unpaired) electrons. The fourth-order valence-corrected chi connectivity index (χ4v) is 1.05. The van der Waals surface area contributed by atoms with Gasteiger partial charge in [0.15, 0.2) is 0 Å². The van der Waals surface area contributed by atoms with Crippen LogP contribution in [0.3, 0.4) is 0 Å². The van der Waals surface area contributed by atoms with Crippen LogP contribution in [0.1, 0.15) is 33.1 Å². The molecule has 0 aromatic carbocycles. The lowest BCUT2D eigenvalue weighted by atomic mass is 9.96. The second-order valence-corrected chi connectivity index (χ2v) is 2.62. The summed E-state index contributed by atoms with van der Waals surface area (Å²) in [4.78, 5) is 0. The minimum atomic E-state index is -0.245. The predicted molar refractivity (Wildman–Crippen MR) is 43.6 cm³/mol. The van der Waals surface area contributed by atoms with E-state index in [0.29, 0.717) is 0 Å². The van der Waals surface area contributed by atoms with E-state index in [1.165, 1.54) is 0 Å². The van der Waals surface area contributed by atoms with E-state index >= 15 is 0 Å². The average Bonchev–Trinajstić information content (AvgIpc) is 1.99. The molecule has 59 valence electrons. The van der Waals surface area contributed by atoms with Crippen molar-refractivity contribution in [2.75, 3.05) is 0 Å². The molecule has 1 N–H and O–H groups in total. The summed E-state index contributed by atoms with van der Waals surface area (Å²) < 4.78 is 0. The highest BCUT2D eigenvalue weighted by atomic mass is 16.3. The maximum Gasteiger partial charge on any atom is 0.0600 e. The maximum absolute atomic E-state index is 9.34. The summed E-state index contributed by atoms with van der Waals surface area (Å²) in [6.07, 6.45) is 4.22. The van der Waals surface area contributed by atoms with Gasteiger partial charge in [-0.1, -0.05) is 32.9 Å². The standard InChI is InChI=1S/C9H17O/c1-4-7-8(5-2)9(10)6-3/h2,5,8-10H,4,6-7H2,1,3H3. The van der Waals surface area contributed by atoms with Gasteiger partial charge in [0.2, 0.25) is 0 Å². The van der Waals surface area contributed by atoms with Crippen molar-refractivity contribution in [3.05, 3.63) is 12.7 Å². The Labute approximate surface area is 63.8 Å². The van der Waals surface area contributed by atoms with Crippen LogP contribution in [0.25, 0.3) is 0 Å². The van der Waals surface area contributed by atoms with E-state index in [4.69, 9.17) is 6.58 Å². The highest BCUT2D eigenvalue weighted by Crippen LogP contribution is 2.14. The first-order valence-corrected chi connectivity index (χ1v) is 3.99. The van der Waals surface area contributed by atoms with Gasteiger partial charge >= 0.3 is 0 Å². The van der Waals surface area contributed by atoms with Crippen LogP contribution >= 0.6 is 0 Å². The van der Waals surface area contributed by atoms with Gasteiger partial charge in [-0.05, 0) is 12.8 Å². The minimum absolute atomic E-state index is 0.190. The van der Waals surface area contributed by atoms with Crippen molar-refractivity contribution in [3.63, 3.8) is 0 Å². The smallest absolute Gasteiger partial charge is 0.0600 e. The third-order valence-electron chi connectivity index (χ3n) is 1.78. The molecule has 0 heterocycles. The second kappa shape index (κ2) is 5.48. The van der Waals surface area contributed by atoms with Crippen LogP contribution < -0.4 is 0 Å². The second-order valence-electron chi connectivity index (χ2n) is 2.62. The average molecular weight is 141 g/mol. The Balaban J connectivity index is 3.67. The summed E-state index contributed by atoms with van der Waals surface area (Å²) >= 11 is 0. The Morgan fingerprint density at radius 1 is 1.50 bits per heavy atom. The largest absolute Gasteiger partial charge is 0.393 e. The number of hydrogen-bond acceptors (Lipinski definition) is 1. The van der Waals surface area contributed by atoms with E-state index in [2.05, 4.69) is 6.92 Å². The normalized spacial score (nSPS) is 16.3. The first-order chi connectivity index (χ1) is 4.76. The Morgan fingerprint density at radius 2 is 2.10 bits per heavy atom. The van der Waals surface area contributed by atoms with Gasteiger partial charge in [-0.3, -0.25) is 0 Å². The molecular weight excluding hydrogens is 124 g/mol. The molecule has 0 bridgehead atoms. The van der Waals surface area contributed by atoms with Crippen molar-refractivity contribution in [1.29, 1.82) is 0 Å². The molecule has 0 aliphatic carbocycles. The molecule has 0 rings (SSSR count). The van der Waals surface area contributed by atoms with Crippen molar-refractivity contribution in [3.8, 4) is 0 Å². The number of hydrogen-bond donors (Lipinski definition) is 1. The molecule has 0 aromatic rings. The molecule has 0 spiro atoms. The van der Waals surface area contributed by atoms with Crippen LogP contribution in [0.15, 0.2) is 6.08 Å². The lowest BCUT2D eigenvalue weighted by Crippen LogP contribution is -2.16. The van der Waals surface area contributed by atoms with Gasteiger partial charge in [-0.2, -0.15) is 0 Å². The van der Waals surface area contributed by atoms with Gasteiger partial charge < -0.3 is 5.11 Å². The molecule has 10 heavy (non-hydrogen) atoms. The summed E-state index contributed by atoms with van der Waals surface area (Å²) in [5, 5.41) is 9.34. The Bertz CT molecular complexity index is 88.7. The topological polar surface area (TPSA) is 20.2 Å². The van der Waals surface area contributed by atoms with Gasteiger partial charge in [0, 0.05) is 5.92 Å². The molecule has 0 saturated heterocycles. The molecule has 0 aromatic heterocycles. The molecule has 0 aliphatic heterocycles. The lowest BCUT2D eigenvalue weighted by molar-refractivity contribution is 0.121. The quantitative estimate of drug-likeness (QED) is 0.622. The van der Waals surface area contributed by atoms with Gasteiger partial charge in [0.05, 0.1) is 6.10 Å². The van der Waals surface area contributed by atoms with E-state index in [1.807, 2.05) is 6.92 Å². The van der Waals surface area contributed by atoms with Gasteiger partial charge in [0.1, 0.15) is 0 Å². The van der Waals surface area contributed by atoms with E-state index in [-0.39, 0.29) is 12.0 Å². The summed E-state index contributed by atoms with van der Waals surface area (Å²) in [6, 6.07) is 0. The molecule has 1 nitrogen and oxygen atoms in total. The summed E-state index contributed by atoms with van der Waals surface area (Å²) in [6.45, 7) is 9.42. The number of aliphatic hydroxyl groups excluding tert-OH is 1. The lowest BCUT2D eigenvalue weighted by Gasteiger charge is -2.16. The van der Waals surface area contributed by atoms with Gasteiger partial charge in [-0.15, -0.1) is 0 Å². The molecule has 0 amide bonds. The SMILES string of the molecule is [CH]=CC(CCC)C(O)CC. The number of aliphatic hydroxyl groups is 1. The van der Waals surface area contributed by atoms with Crippen LogP contribution in [0, 0.1) is 12.5 Å². The van der Waals surface area contributed by atoms with Crippen LogP contribution in [0.2, 0.25) is 0 Å². The van der Waals surface area contributed by atoms with Gasteiger partial charge in [-0.25, -0.2) is 0 Å². The van der Waals surface area contributed by atoms with Crippen LogP contribution in [0.4, 0.5) is 0 Å². The third-order valence-corrected chi connectivity index (χ3v) is 1.78. The van der Waals surface area contributed by atoms with E-state index in [1.54, 1.807) is 6.08 Å². The van der Waals surface area contributed by atoms with Crippen molar-refractivity contribution < 1.29 is 5.11 Å². The molecule has 2 atom stereocenters. The fraction of sp³-hybridized carbons (Fsp3) is 0.778. The maximum atomic E-state index is 9.34. The predicted octanol–water partition coefficient (Wildman–Crippen LogP) is 2.16. The first kappa shape index (κ1) is 9.70. The fourth-order valence-electron chi connectivity index (χ4n) is 1.05. The van der Waals surface area contributed by atoms with Crippen LogP contribution in [-0.4, -0.2) is 11.2 Å². The highest BCUT2D eigenvalue weighted by molar-refractivity contribution is 4.81. The zero-order valence-electron chi connectivity index (χ0n) is 6.88. The third kappa shape index (κ3) is 3.02. The van der Waals surface area contributed by atoms with Gasteiger partial charge in [0.25, 0.3) is 0 Å². The van der Waals surface area contributed by atoms with Crippen molar-refractivity contribution in [2.45, 2.75) is 39.2 Å². The van der Waals surface area contributed by atoms with Crippen molar-refractivity contribution >= 4 is 0 Å². The van der Waals surface area contributed by atoms with E-state index < -0.39 is 0 Å². The van der Waals surface area contributed by atoms with Crippen LogP contribution in [0.5, 0.6) is 0 Å². The van der Waals surface area contributed by atoms with E-state index in [9.17, 15) is 5.11 Å². The Kier molecular flexibility index (Phi) is 5.32. The van der Waals surface area contributed by atoms with Crippen LogP contribution in [-0.2, 0) is 0 Å². The zero-order chi connectivity index (χ0) is 7.98. The summed E-state index contributed by atoms with van der Waals surface area (Å²) in [7, 11) is 0. The highest BCUT2D eigenvalue weighted by Gasteiger charge is 2.11. The molecule has 2 unspecified atom stereocenters. The first-order valence-electron chi connectivity index (χ1n) is 3.99. The Morgan fingerprint density at radius 3 is 2.40 bits per heavy atom. The molecule has 0 fully saturated rings. The summed E-state index contributed by atoms with van der Waals surface area (Å²) in [5.74, 6) is 0.190. The zero-order valence-corrected chi connectivity index (χ0v) is 6.88. The minimum Gasteiger partial charge on any atom is -0.393 e.